The Morgan fingerprint density at radius 3 is 2.64 bits per heavy atom. The van der Waals surface area contributed by atoms with Crippen LogP contribution in [0.5, 0.6) is 0 Å². The van der Waals surface area contributed by atoms with Gasteiger partial charge in [-0.3, -0.25) is 15.1 Å². The van der Waals surface area contributed by atoms with Gasteiger partial charge in [0.2, 0.25) is 5.82 Å². The summed E-state index contributed by atoms with van der Waals surface area (Å²) in [5.74, 6) is 5.03. The number of nitro groups is 1. The van der Waals surface area contributed by atoms with Crippen molar-refractivity contribution in [1.29, 1.82) is 0 Å². The maximum atomic E-state index is 11.9. The molecule has 0 unspecified atom stereocenters. The van der Waals surface area contributed by atoms with Crippen molar-refractivity contribution in [3.63, 3.8) is 0 Å². The Morgan fingerprint density at radius 2 is 2.14 bits per heavy atom. The fourth-order valence-corrected chi connectivity index (χ4v) is 2.25. The molecule has 9 heteroatoms. The largest absolute Gasteiger partial charge is 0.462 e. The second-order valence-corrected chi connectivity index (χ2v) is 4.96. The van der Waals surface area contributed by atoms with Crippen molar-refractivity contribution < 1.29 is 14.5 Å². The molecule has 0 radical (unpaired) electrons. The molecule has 1 aromatic heterocycles. The number of aromatic nitrogens is 1. The van der Waals surface area contributed by atoms with E-state index in [0.29, 0.717) is 6.54 Å². The lowest BCUT2D eigenvalue weighted by Gasteiger charge is -2.19. The third-order valence-electron chi connectivity index (χ3n) is 2.96. The molecule has 0 atom stereocenters. The van der Waals surface area contributed by atoms with E-state index in [1.807, 2.05) is 6.92 Å². The molecular weight excluding hydrogens is 312 g/mol. The number of aryl methyl sites for hydroxylation is 1. The molecular formula is C13H19ClN4O4. The molecule has 0 aliphatic carbocycles. The van der Waals surface area contributed by atoms with Gasteiger partial charge in [0.1, 0.15) is 10.6 Å². The van der Waals surface area contributed by atoms with Crippen LogP contribution in [0.3, 0.4) is 0 Å². The summed E-state index contributed by atoms with van der Waals surface area (Å²) in [6, 6.07) is 0. The summed E-state index contributed by atoms with van der Waals surface area (Å²) >= 11 is 6.06. The molecule has 1 heterocycles. The first-order valence-corrected chi connectivity index (χ1v) is 7.26. The summed E-state index contributed by atoms with van der Waals surface area (Å²) in [6.45, 7) is 5.64. The van der Waals surface area contributed by atoms with Crippen LogP contribution in [0.1, 0.15) is 42.7 Å². The Bertz CT molecular complexity index is 580. The molecule has 0 aliphatic rings. The summed E-state index contributed by atoms with van der Waals surface area (Å²) in [6.07, 6.45) is 1.61. The van der Waals surface area contributed by atoms with E-state index in [9.17, 15) is 14.9 Å². The number of hydrogen-bond donors (Lipinski definition) is 1. The van der Waals surface area contributed by atoms with Crippen molar-refractivity contribution in [3.05, 3.63) is 26.4 Å². The summed E-state index contributed by atoms with van der Waals surface area (Å²) in [5.41, 5.74) is -0.368. The number of nitrogens with two attached hydrogens (primary N) is 1. The van der Waals surface area contributed by atoms with Crippen LogP contribution in [-0.4, -0.2) is 29.0 Å². The van der Waals surface area contributed by atoms with Gasteiger partial charge in [-0.05, 0) is 20.3 Å². The maximum Gasteiger partial charge on any atom is 0.341 e. The van der Waals surface area contributed by atoms with Gasteiger partial charge in [-0.15, -0.1) is 0 Å². The predicted molar refractivity (Wildman–Crippen MR) is 83.0 cm³/mol. The number of hydrazine groups is 1. The van der Waals surface area contributed by atoms with Gasteiger partial charge in [-0.25, -0.2) is 15.6 Å². The first-order valence-electron chi connectivity index (χ1n) is 6.88. The predicted octanol–water partition coefficient (Wildman–Crippen LogP) is 2.61. The van der Waals surface area contributed by atoms with Gasteiger partial charge in [0.15, 0.2) is 0 Å². The van der Waals surface area contributed by atoms with Crippen LogP contribution in [0, 0.1) is 17.0 Å². The number of nitrogens with zero attached hydrogens (tertiary/aromatic N) is 3. The van der Waals surface area contributed by atoms with E-state index in [2.05, 4.69) is 4.98 Å². The van der Waals surface area contributed by atoms with E-state index in [1.54, 1.807) is 6.92 Å². The Labute approximate surface area is 133 Å². The minimum Gasteiger partial charge on any atom is -0.462 e. The zero-order chi connectivity index (χ0) is 16.9. The zero-order valence-corrected chi connectivity index (χ0v) is 13.5. The third kappa shape index (κ3) is 3.83. The lowest BCUT2D eigenvalue weighted by molar-refractivity contribution is -0.384. The smallest absolute Gasteiger partial charge is 0.341 e. The topological polar surface area (TPSA) is 112 Å². The van der Waals surface area contributed by atoms with Gasteiger partial charge in [-0.2, -0.15) is 0 Å². The van der Waals surface area contributed by atoms with Crippen molar-refractivity contribution in [2.45, 2.75) is 33.6 Å². The molecule has 8 nitrogen and oxygen atoms in total. The molecule has 22 heavy (non-hydrogen) atoms. The summed E-state index contributed by atoms with van der Waals surface area (Å²) in [7, 11) is 0. The molecule has 0 aromatic carbocycles. The molecule has 2 N–H and O–H groups in total. The van der Waals surface area contributed by atoms with Gasteiger partial charge in [0.25, 0.3) is 0 Å². The minimum atomic E-state index is -0.746. The lowest BCUT2D eigenvalue weighted by Crippen LogP contribution is -2.33. The average molecular weight is 331 g/mol. The van der Waals surface area contributed by atoms with E-state index in [4.69, 9.17) is 22.2 Å². The highest BCUT2D eigenvalue weighted by molar-refractivity contribution is 6.36. The highest BCUT2D eigenvalue weighted by Crippen LogP contribution is 2.37. The first kappa shape index (κ1) is 18.1. The number of pyridine rings is 1. The van der Waals surface area contributed by atoms with E-state index >= 15 is 0 Å². The molecule has 0 bridgehead atoms. The highest BCUT2D eigenvalue weighted by atomic mass is 35.5. The SMILES string of the molecule is CCCCN(N)c1nc(C)c(C(=O)OCC)c(Cl)c1[N+](=O)[O-]. The standard InChI is InChI=1S/C13H19ClN4O4/c1-4-6-7-17(15)12-11(18(20)21)10(14)9(8(3)16-12)13(19)22-5-2/h4-7,15H2,1-3H3. The highest BCUT2D eigenvalue weighted by Gasteiger charge is 2.31. The summed E-state index contributed by atoms with van der Waals surface area (Å²) in [5, 5.41) is 12.2. The first-order chi connectivity index (χ1) is 10.3. The van der Waals surface area contributed by atoms with Crippen molar-refractivity contribution in [1.82, 2.24) is 4.98 Å². The molecule has 0 fully saturated rings. The Hall–Kier alpha value is -1.93. The number of rotatable bonds is 7. The van der Waals surface area contributed by atoms with Crippen LogP contribution in [0.2, 0.25) is 5.02 Å². The molecule has 0 spiro atoms. The number of carbonyl (C=O) groups is 1. The molecule has 0 saturated carbocycles. The monoisotopic (exact) mass is 330 g/mol. The fourth-order valence-electron chi connectivity index (χ4n) is 1.88. The second kappa shape index (κ2) is 7.90. The quantitative estimate of drug-likeness (QED) is 0.354. The number of carbonyl (C=O) groups excluding carboxylic acids is 1. The third-order valence-corrected chi connectivity index (χ3v) is 3.33. The van der Waals surface area contributed by atoms with Crippen LogP contribution in [0.15, 0.2) is 0 Å². The van der Waals surface area contributed by atoms with Crippen LogP contribution in [0.25, 0.3) is 0 Å². The normalized spacial score (nSPS) is 10.4. The molecule has 0 amide bonds. The number of hydrogen-bond acceptors (Lipinski definition) is 7. The van der Waals surface area contributed by atoms with Crippen LogP contribution in [-0.2, 0) is 4.74 Å². The summed E-state index contributed by atoms with van der Waals surface area (Å²) in [4.78, 5) is 26.6. The van der Waals surface area contributed by atoms with E-state index in [1.165, 1.54) is 11.9 Å². The van der Waals surface area contributed by atoms with Crippen molar-refractivity contribution >= 4 is 29.1 Å². The van der Waals surface area contributed by atoms with E-state index in [-0.39, 0.29) is 28.7 Å². The van der Waals surface area contributed by atoms with Crippen molar-refractivity contribution in [3.8, 4) is 0 Å². The maximum absolute atomic E-state index is 11.9. The Balaban J connectivity index is 3.42. The van der Waals surface area contributed by atoms with Crippen molar-refractivity contribution in [2.75, 3.05) is 18.2 Å². The van der Waals surface area contributed by atoms with Gasteiger partial charge in [-0.1, -0.05) is 24.9 Å². The Kier molecular flexibility index (Phi) is 6.51. The lowest BCUT2D eigenvalue weighted by atomic mass is 10.1. The van der Waals surface area contributed by atoms with Gasteiger partial charge >= 0.3 is 11.7 Å². The van der Waals surface area contributed by atoms with E-state index in [0.717, 1.165) is 12.8 Å². The second-order valence-electron chi connectivity index (χ2n) is 4.58. The van der Waals surface area contributed by atoms with Gasteiger partial charge < -0.3 is 4.74 Å². The van der Waals surface area contributed by atoms with Crippen LogP contribution >= 0.6 is 11.6 Å². The molecule has 0 aliphatic heterocycles. The molecule has 0 saturated heterocycles. The fraction of sp³-hybridized carbons (Fsp3) is 0.538. The molecule has 1 rings (SSSR count). The Morgan fingerprint density at radius 1 is 1.50 bits per heavy atom. The number of unbranched alkanes of at least 4 members (excludes halogenated alkanes) is 1. The van der Waals surface area contributed by atoms with Gasteiger partial charge in [0, 0.05) is 6.54 Å². The summed E-state index contributed by atoms with van der Waals surface area (Å²) < 4.78 is 4.86. The zero-order valence-electron chi connectivity index (χ0n) is 12.8. The van der Waals surface area contributed by atoms with E-state index < -0.39 is 16.6 Å². The van der Waals surface area contributed by atoms with Gasteiger partial charge in [0.05, 0.1) is 17.2 Å². The number of halogens is 1. The molecule has 122 valence electrons. The minimum absolute atomic E-state index is 0.0611. The number of anilines is 1. The van der Waals surface area contributed by atoms with Crippen LogP contribution < -0.4 is 10.9 Å². The molecule has 1 aromatic rings. The van der Waals surface area contributed by atoms with Crippen molar-refractivity contribution in [2.24, 2.45) is 5.84 Å². The average Bonchev–Trinajstić information content (AvgIpc) is 2.43. The number of ether oxygens (including phenoxy) is 1. The number of esters is 1. The van der Waals surface area contributed by atoms with Crippen LogP contribution in [0.4, 0.5) is 11.5 Å².